The second kappa shape index (κ2) is 6.22. The van der Waals surface area contributed by atoms with Gasteiger partial charge in [-0.15, -0.1) is 0 Å². The topological polar surface area (TPSA) is 113 Å². The number of hydrogen-bond donors (Lipinski definition) is 2. The fraction of sp³-hybridized carbons (Fsp3) is 0.0556. The Balaban J connectivity index is 2.50. The standard InChI is InChI=1S/C18H13N5Se/c19-9-14-16(21)24-17(22)15(10-20)18(14,12-5-2-1-3-6-12)13-7-4-8-23-11-13/h1-8,11H,21-22H2. The molecule has 1 aliphatic heterocycles. The Kier molecular flexibility index (Phi) is 4.10. The summed E-state index contributed by atoms with van der Waals surface area (Å²) in [6.45, 7) is 0. The number of nitrogens with zero attached hydrogens (tertiary/aromatic N) is 3. The molecule has 2 aromatic rings. The monoisotopic (exact) mass is 379 g/mol. The van der Waals surface area contributed by atoms with Crippen molar-refractivity contribution in [2.45, 2.75) is 5.41 Å². The molecule has 0 fully saturated rings. The van der Waals surface area contributed by atoms with Crippen LogP contribution in [0.15, 0.2) is 75.2 Å². The summed E-state index contributed by atoms with van der Waals surface area (Å²) in [5.41, 5.74) is 13.4. The van der Waals surface area contributed by atoms with Gasteiger partial charge in [0.1, 0.15) is 0 Å². The molecule has 0 amide bonds. The number of aromatic nitrogens is 1. The van der Waals surface area contributed by atoms with Gasteiger partial charge in [-0.3, -0.25) is 0 Å². The van der Waals surface area contributed by atoms with E-state index in [1.165, 1.54) is 0 Å². The Morgan fingerprint density at radius 1 is 0.875 bits per heavy atom. The predicted molar refractivity (Wildman–Crippen MR) is 90.9 cm³/mol. The van der Waals surface area contributed by atoms with Crippen LogP contribution >= 0.6 is 0 Å². The average molecular weight is 378 g/mol. The van der Waals surface area contributed by atoms with Crippen molar-refractivity contribution < 1.29 is 0 Å². The molecule has 5 nitrogen and oxygen atoms in total. The number of benzene rings is 1. The maximum atomic E-state index is 9.85. The van der Waals surface area contributed by atoms with Crippen molar-refractivity contribution in [1.82, 2.24) is 4.98 Å². The van der Waals surface area contributed by atoms with E-state index in [2.05, 4.69) is 17.1 Å². The van der Waals surface area contributed by atoms with E-state index in [1.54, 1.807) is 18.5 Å². The Bertz CT molecular complexity index is 840. The zero-order valence-corrected chi connectivity index (χ0v) is 14.3. The third-order valence-electron chi connectivity index (χ3n) is 3.99. The van der Waals surface area contributed by atoms with Crippen molar-refractivity contribution in [3.8, 4) is 12.1 Å². The van der Waals surface area contributed by atoms with Gasteiger partial charge in [0, 0.05) is 0 Å². The Hall–Kier alpha value is -3.05. The predicted octanol–water partition coefficient (Wildman–Crippen LogP) is 1.47. The third-order valence-corrected chi connectivity index (χ3v) is 5.77. The number of rotatable bonds is 2. The van der Waals surface area contributed by atoms with E-state index in [0.29, 0.717) is 25.9 Å². The van der Waals surface area contributed by atoms with Gasteiger partial charge in [-0.05, 0) is 0 Å². The van der Waals surface area contributed by atoms with Crippen molar-refractivity contribution >= 4 is 15.0 Å². The van der Waals surface area contributed by atoms with Gasteiger partial charge >= 0.3 is 146 Å². The molecule has 3 rings (SSSR count). The first-order valence-corrected chi connectivity index (χ1v) is 8.82. The molecule has 0 saturated carbocycles. The summed E-state index contributed by atoms with van der Waals surface area (Å²) in [4.78, 5) is 4.18. The summed E-state index contributed by atoms with van der Waals surface area (Å²) in [5, 5.41) is 19.7. The van der Waals surface area contributed by atoms with Crippen LogP contribution in [-0.4, -0.2) is 19.9 Å². The van der Waals surface area contributed by atoms with E-state index in [0.717, 1.165) is 5.56 Å². The number of pyridine rings is 1. The molecule has 0 unspecified atom stereocenters. The third kappa shape index (κ3) is 2.18. The van der Waals surface area contributed by atoms with Crippen LogP contribution in [0.1, 0.15) is 11.1 Å². The zero-order valence-electron chi connectivity index (χ0n) is 12.6. The molecule has 1 aromatic carbocycles. The Labute approximate surface area is 146 Å². The second-order valence-electron chi connectivity index (χ2n) is 5.16. The fourth-order valence-corrected chi connectivity index (χ4v) is 4.77. The van der Waals surface area contributed by atoms with Crippen LogP contribution in [0.25, 0.3) is 0 Å². The fourth-order valence-electron chi connectivity index (χ4n) is 3.01. The van der Waals surface area contributed by atoms with Crippen molar-refractivity contribution in [3.63, 3.8) is 0 Å². The second-order valence-corrected chi connectivity index (χ2v) is 7.44. The molecule has 0 atom stereocenters. The van der Waals surface area contributed by atoms with Crippen LogP contribution in [0.5, 0.6) is 0 Å². The summed E-state index contributed by atoms with van der Waals surface area (Å²) in [7, 11) is 0. The Morgan fingerprint density at radius 3 is 1.96 bits per heavy atom. The summed E-state index contributed by atoms with van der Waals surface area (Å²) in [6, 6.07) is 17.4. The van der Waals surface area contributed by atoms with Gasteiger partial charge in [0.25, 0.3) is 0 Å². The van der Waals surface area contributed by atoms with E-state index in [9.17, 15) is 10.5 Å². The van der Waals surface area contributed by atoms with E-state index >= 15 is 0 Å². The number of hydrogen-bond acceptors (Lipinski definition) is 5. The van der Waals surface area contributed by atoms with Gasteiger partial charge in [-0.25, -0.2) is 0 Å². The molecule has 0 aliphatic carbocycles. The van der Waals surface area contributed by atoms with Crippen molar-refractivity contribution in [2.75, 3.05) is 0 Å². The maximum absolute atomic E-state index is 9.85. The molecule has 24 heavy (non-hydrogen) atoms. The van der Waals surface area contributed by atoms with Crippen LogP contribution in [0, 0.1) is 22.7 Å². The van der Waals surface area contributed by atoms with Gasteiger partial charge < -0.3 is 0 Å². The minimum atomic E-state index is -1.12. The van der Waals surface area contributed by atoms with Gasteiger partial charge in [-0.2, -0.15) is 0 Å². The number of allylic oxidation sites excluding steroid dienone is 2. The molecule has 0 spiro atoms. The molecule has 1 aromatic heterocycles. The zero-order chi connectivity index (χ0) is 17.2. The van der Waals surface area contributed by atoms with E-state index in [-0.39, 0.29) is 0 Å². The van der Waals surface area contributed by atoms with Crippen LogP contribution in [0.4, 0.5) is 0 Å². The molecule has 2 heterocycles. The normalized spacial score (nSPS) is 16.4. The van der Waals surface area contributed by atoms with Crippen LogP contribution in [0.2, 0.25) is 0 Å². The van der Waals surface area contributed by atoms with Crippen molar-refractivity contribution in [3.05, 3.63) is 86.3 Å². The van der Waals surface area contributed by atoms with Gasteiger partial charge in [0.2, 0.25) is 0 Å². The van der Waals surface area contributed by atoms with E-state index in [1.807, 2.05) is 36.4 Å². The molecule has 0 bridgehead atoms. The molecular weight excluding hydrogens is 365 g/mol. The van der Waals surface area contributed by atoms with Gasteiger partial charge in [-0.1, -0.05) is 0 Å². The molecular formula is C18H13N5Se. The van der Waals surface area contributed by atoms with Gasteiger partial charge in [0.15, 0.2) is 0 Å². The molecule has 4 N–H and O–H groups in total. The van der Waals surface area contributed by atoms with Crippen molar-refractivity contribution in [1.29, 1.82) is 10.5 Å². The number of nitriles is 2. The van der Waals surface area contributed by atoms with E-state index in [4.69, 9.17) is 11.5 Å². The first kappa shape index (κ1) is 15.8. The quantitative estimate of drug-likeness (QED) is 0.769. The Morgan fingerprint density at radius 2 is 1.46 bits per heavy atom. The first-order valence-electron chi connectivity index (χ1n) is 7.10. The van der Waals surface area contributed by atoms with Crippen LogP contribution < -0.4 is 11.5 Å². The summed E-state index contributed by atoms with van der Waals surface area (Å²) < 4.78 is 0.878. The van der Waals surface area contributed by atoms with Crippen LogP contribution in [-0.2, 0) is 5.41 Å². The molecule has 1 aliphatic rings. The molecule has 0 saturated heterocycles. The molecule has 0 radical (unpaired) electrons. The SMILES string of the molecule is N#CC1=C(N)[Se]C(N)=C(C#N)C1(c1ccccc1)c1cccnc1. The average Bonchev–Trinajstić information content (AvgIpc) is 2.62. The van der Waals surface area contributed by atoms with Crippen molar-refractivity contribution in [2.24, 2.45) is 11.5 Å². The summed E-state index contributed by atoms with van der Waals surface area (Å²) in [6.07, 6.45) is 3.30. The molecule has 6 heteroatoms. The summed E-state index contributed by atoms with van der Waals surface area (Å²) in [5.74, 6) is 0. The van der Waals surface area contributed by atoms with E-state index < -0.39 is 20.4 Å². The first-order chi connectivity index (χ1) is 11.7. The number of nitrogens with two attached hydrogens (primary N) is 2. The molecule has 116 valence electrons. The minimum absolute atomic E-state index is 0.354. The summed E-state index contributed by atoms with van der Waals surface area (Å²) >= 11 is -0.420. The van der Waals surface area contributed by atoms with Crippen LogP contribution in [0.3, 0.4) is 0 Å². The van der Waals surface area contributed by atoms with Gasteiger partial charge in [0.05, 0.1) is 0 Å².